The smallest absolute Gasteiger partial charge is 0.440 e. The summed E-state index contributed by atoms with van der Waals surface area (Å²) in [6.07, 6.45) is 0.586. The molecule has 4 nitrogen and oxygen atoms in total. The minimum absolute atomic E-state index is 0.481. The second-order valence-corrected chi connectivity index (χ2v) is 7.55. The van der Waals surface area contributed by atoms with E-state index < -0.39 is 9.22 Å². The molecule has 1 rings (SSSR count). The van der Waals surface area contributed by atoms with Crippen LogP contribution in [0.5, 0.6) is 0 Å². The van der Waals surface area contributed by atoms with Crippen LogP contribution in [0.3, 0.4) is 0 Å². The molecular weight excluding hydrogens is 354 g/mol. The van der Waals surface area contributed by atoms with Crippen molar-refractivity contribution in [1.29, 1.82) is 0 Å². The van der Waals surface area contributed by atoms with Gasteiger partial charge in [-0.2, -0.15) is 5.10 Å². The highest BCUT2D eigenvalue weighted by Crippen LogP contribution is 2.41. The van der Waals surface area contributed by atoms with Crippen LogP contribution in [0.25, 0.3) is 0 Å². The number of methoxy groups -OCH3 is 1. The van der Waals surface area contributed by atoms with E-state index in [2.05, 4.69) is 9.84 Å². The third-order valence-corrected chi connectivity index (χ3v) is 3.32. The second kappa shape index (κ2) is 7.45. The monoisotopic (exact) mass is 360 g/mol. The molecule has 1 aromatic rings. The lowest BCUT2D eigenvalue weighted by Gasteiger charge is -2.18. The van der Waals surface area contributed by atoms with Gasteiger partial charge < -0.3 is 4.74 Å². The number of hydrazone groups is 1. The molecule has 0 radical (unpaired) electrons. The molecule has 0 spiro atoms. The highest BCUT2D eigenvalue weighted by atomic mass is 35.6. The first-order chi connectivity index (χ1) is 8.83. The molecule has 0 aromatic heterocycles. The first-order valence-corrected chi connectivity index (χ1v) is 7.04. The average molecular weight is 362 g/mol. The van der Waals surface area contributed by atoms with Crippen molar-refractivity contribution >= 4 is 70.7 Å². The average Bonchev–Trinajstić information content (AvgIpc) is 2.34. The minimum atomic E-state index is -1.74. The van der Waals surface area contributed by atoms with Gasteiger partial charge >= 0.3 is 6.09 Å². The summed E-state index contributed by atoms with van der Waals surface area (Å²) in [5, 5.41) is 4.35. The molecule has 0 atom stereocenters. The molecule has 1 aromatic carbocycles. The molecule has 0 saturated carbocycles. The predicted molar refractivity (Wildman–Crippen MR) is 81.2 cm³/mol. The third kappa shape index (κ3) is 6.10. The van der Waals surface area contributed by atoms with E-state index >= 15 is 0 Å². The Hall–Kier alpha value is -0.330. The number of halogens is 4. The summed E-state index contributed by atoms with van der Waals surface area (Å²) in [7, 11) is 1.19. The van der Waals surface area contributed by atoms with Crippen molar-refractivity contribution < 1.29 is 9.53 Å². The molecule has 0 fully saturated rings. The Bertz CT molecular complexity index is 479. The van der Waals surface area contributed by atoms with Gasteiger partial charge in [0.2, 0.25) is 0 Å². The first-order valence-electron chi connectivity index (χ1n) is 4.76. The van der Waals surface area contributed by atoms with Gasteiger partial charge in [-0.15, -0.1) is 4.41 Å². The van der Waals surface area contributed by atoms with Gasteiger partial charge in [0.15, 0.2) is 0 Å². The largest absolute Gasteiger partial charge is 0.451 e. The van der Waals surface area contributed by atoms with E-state index in [0.717, 1.165) is 4.41 Å². The van der Waals surface area contributed by atoms with Crippen LogP contribution >= 0.6 is 58.4 Å². The molecule has 19 heavy (non-hydrogen) atoms. The molecule has 1 amide bonds. The number of alkyl halides is 3. The van der Waals surface area contributed by atoms with Gasteiger partial charge in [-0.1, -0.05) is 64.6 Å². The Morgan fingerprint density at radius 1 is 1.42 bits per heavy atom. The Labute approximate surface area is 134 Å². The van der Waals surface area contributed by atoms with Gasteiger partial charge in [0.1, 0.15) is 0 Å². The number of amides is 1. The summed E-state index contributed by atoms with van der Waals surface area (Å²) < 4.78 is 3.59. The van der Waals surface area contributed by atoms with E-state index in [-0.39, 0.29) is 0 Å². The second-order valence-electron chi connectivity index (χ2n) is 3.05. The number of hydrogen-bond acceptors (Lipinski definition) is 4. The van der Waals surface area contributed by atoms with Crippen molar-refractivity contribution in [3.8, 4) is 0 Å². The zero-order valence-corrected chi connectivity index (χ0v) is 13.4. The number of ether oxygens (including phenoxy) is 1. The van der Waals surface area contributed by atoms with Crippen molar-refractivity contribution in [2.24, 2.45) is 5.10 Å². The standard InChI is InChI=1S/C10H8Cl4N2O2S/c1-18-9(17)16(19-10(12,13)14)15-6-7-4-2-3-5-8(7)11/h2-6H,1H3. The Morgan fingerprint density at radius 3 is 2.58 bits per heavy atom. The number of rotatable bonds is 3. The molecule has 0 heterocycles. The van der Waals surface area contributed by atoms with Gasteiger partial charge in [0.05, 0.1) is 13.3 Å². The number of hydrogen-bond donors (Lipinski definition) is 0. The van der Waals surface area contributed by atoms with Crippen LogP contribution in [0.1, 0.15) is 5.56 Å². The third-order valence-electron chi connectivity index (χ3n) is 1.73. The molecule has 104 valence electrons. The molecule has 0 aliphatic rings. The van der Waals surface area contributed by atoms with Crippen LogP contribution < -0.4 is 0 Å². The van der Waals surface area contributed by atoms with Gasteiger partial charge in [-0.05, 0) is 6.07 Å². The van der Waals surface area contributed by atoms with Crippen LogP contribution in [0.2, 0.25) is 5.02 Å². The molecule has 0 aliphatic carbocycles. The summed E-state index contributed by atoms with van der Waals surface area (Å²) >= 11 is 23.3. The van der Waals surface area contributed by atoms with E-state index in [1.807, 2.05) is 0 Å². The molecule has 0 bridgehead atoms. The number of carbonyl (C=O) groups excluding carboxylic acids is 1. The SMILES string of the molecule is COC(=O)N(N=Cc1ccccc1Cl)SC(Cl)(Cl)Cl. The predicted octanol–water partition coefficient (Wildman–Crippen LogP) is 4.72. The summed E-state index contributed by atoms with van der Waals surface area (Å²) in [6, 6.07) is 6.96. The van der Waals surface area contributed by atoms with Crippen LogP contribution in [0.15, 0.2) is 29.4 Å². The molecule has 0 N–H and O–H groups in total. The molecule has 0 aliphatic heterocycles. The summed E-state index contributed by atoms with van der Waals surface area (Å²) in [5.41, 5.74) is 0.614. The van der Waals surface area contributed by atoms with E-state index in [1.54, 1.807) is 24.3 Å². The maximum absolute atomic E-state index is 11.5. The van der Waals surface area contributed by atoms with E-state index in [1.165, 1.54) is 13.3 Å². The number of nitrogens with zero attached hydrogens (tertiary/aromatic N) is 2. The first kappa shape index (κ1) is 16.7. The zero-order valence-electron chi connectivity index (χ0n) is 9.52. The van der Waals surface area contributed by atoms with Gasteiger partial charge in [-0.3, -0.25) is 0 Å². The summed E-state index contributed by atoms with van der Waals surface area (Å²) in [5.74, 6) is 0. The zero-order chi connectivity index (χ0) is 14.5. The quantitative estimate of drug-likeness (QED) is 0.338. The lowest BCUT2D eigenvalue weighted by atomic mass is 10.2. The van der Waals surface area contributed by atoms with Crippen LogP contribution in [0.4, 0.5) is 4.79 Å². The van der Waals surface area contributed by atoms with E-state index in [9.17, 15) is 4.79 Å². The van der Waals surface area contributed by atoms with Crippen molar-refractivity contribution in [3.05, 3.63) is 34.9 Å². The van der Waals surface area contributed by atoms with Gasteiger partial charge in [0, 0.05) is 22.5 Å². The highest BCUT2D eigenvalue weighted by molar-refractivity contribution is 8.03. The Kier molecular flexibility index (Phi) is 6.56. The van der Waals surface area contributed by atoms with Gasteiger partial charge in [0.25, 0.3) is 3.12 Å². The van der Waals surface area contributed by atoms with Crippen LogP contribution in [-0.2, 0) is 4.74 Å². The van der Waals surface area contributed by atoms with Crippen molar-refractivity contribution in [1.82, 2.24) is 4.41 Å². The normalized spacial score (nSPS) is 11.6. The fourth-order valence-corrected chi connectivity index (χ4v) is 2.19. The maximum atomic E-state index is 11.5. The summed E-state index contributed by atoms with van der Waals surface area (Å²) in [6.45, 7) is 0. The highest BCUT2D eigenvalue weighted by Gasteiger charge is 2.29. The van der Waals surface area contributed by atoms with Crippen LogP contribution in [0, 0.1) is 0 Å². The molecule has 9 heteroatoms. The number of benzene rings is 1. The number of carbonyl (C=O) groups is 1. The van der Waals surface area contributed by atoms with Gasteiger partial charge in [-0.25, -0.2) is 4.79 Å². The van der Waals surface area contributed by atoms with E-state index in [4.69, 9.17) is 46.4 Å². The Morgan fingerprint density at radius 2 is 2.05 bits per heavy atom. The summed E-state index contributed by atoms with van der Waals surface area (Å²) in [4.78, 5) is 11.5. The molecular formula is C10H8Cl4N2O2S. The fraction of sp³-hybridized carbons (Fsp3) is 0.200. The van der Waals surface area contributed by atoms with Crippen molar-refractivity contribution in [2.45, 2.75) is 3.12 Å². The Balaban J connectivity index is 2.89. The fourth-order valence-electron chi connectivity index (χ4n) is 0.979. The van der Waals surface area contributed by atoms with Crippen molar-refractivity contribution in [3.63, 3.8) is 0 Å². The lowest BCUT2D eigenvalue weighted by molar-refractivity contribution is 0.153. The topological polar surface area (TPSA) is 41.9 Å². The molecule has 0 unspecified atom stereocenters. The minimum Gasteiger partial charge on any atom is -0.451 e. The van der Waals surface area contributed by atoms with Crippen LogP contribution in [-0.4, -0.2) is 27.0 Å². The van der Waals surface area contributed by atoms with Crippen molar-refractivity contribution in [2.75, 3.05) is 7.11 Å². The lowest BCUT2D eigenvalue weighted by Crippen LogP contribution is -2.22. The maximum Gasteiger partial charge on any atom is 0.440 e. The van der Waals surface area contributed by atoms with E-state index in [0.29, 0.717) is 22.5 Å². The molecule has 0 saturated heterocycles.